The number of anilines is 1. The molecule has 4 N–H and O–H groups in total. The summed E-state index contributed by atoms with van der Waals surface area (Å²) < 4.78 is 0. The predicted molar refractivity (Wildman–Crippen MR) is 118 cm³/mol. The van der Waals surface area contributed by atoms with Crippen LogP contribution in [0.2, 0.25) is 0 Å². The lowest BCUT2D eigenvalue weighted by Crippen LogP contribution is -2.88. The zero-order valence-electron chi connectivity index (χ0n) is 18.0. The molecule has 1 atom stereocenters. The Balaban J connectivity index is 1.83. The Kier molecular flexibility index (Phi) is 8.87. The van der Waals surface area contributed by atoms with Gasteiger partial charge < -0.3 is 16.0 Å². The quantitative estimate of drug-likeness (QED) is 0.578. The Labute approximate surface area is 174 Å². The van der Waals surface area contributed by atoms with Gasteiger partial charge in [-0.3, -0.25) is 9.59 Å². The summed E-state index contributed by atoms with van der Waals surface area (Å²) in [6.07, 6.45) is 1.86. The summed E-state index contributed by atoms with van der Waals surface area (Å²) in [5.74, 6) is 0.0405. The molecule has 0 bridgehead atoms. The normalized spacial score (nSPS) is 11.9. The van der Waals surface area contributed by atoms with Crippen LogP contribution in [-0.2, 0) is 22.4 Å². The SMILES string of the molecule is CCc1ccc([C@@H]([NH2+]CC(=O)NCC(=O)Nc2ccccc2CC)C(C)C)cc1. The number of hydrogen-bond acceptors (Lipinski definition) is 2. The number of rotatable bonds is 10. The highest BCUT2D eigenvalue weighted by Gasteiger charge is 2.20. The molecule has 2 rings (SSSR count). The first kappa shape index (κ1) is 22.6. The zero-order chi connectivity index (χ0) is 21.2. The summed E-state index contributed by atoms with van der Waals surface area (Å²) >= 11 is 0. The van der Waals surface area contributed by atoms with Gasteiger partial charge in [0.05, 0.1) is 6.54 Å². The molecule has 5 heteroatoms. The second kappa shape index (κ2) is 11.4. The lowest BCUT2D eigenvalue weighted by molar-refractivity contribution is -0.692. The van der Waals surface area contributed by atoms with Gasteiger partial charge in [0.1, 0.15) is 6.04 Å². The van der Waals surface area contributed by atoms with E-state index < -0.39 is 0 Å². The number of para-hydroxylation sites is 1. The van der Waals surface area contributed by atoms with Gasteiger partial charge in [0.15, 0.2) is 6.54 Å². The molecule has 0 unspecified atom stereocenters. The van der Waals surface area contributed by atoms with Crippen LogP contribution in [0, 0.1) is 5.92 Å². The van der Waals surface area contributed by atoms with E-state index in [1.165, 1.54) is 11.1 Å². The Morgan fingerprint density at radius 1 is 0.931 bits per heavy atom. The van der Waals surface area contributed by atoms with Gasteiger partial charge in [-0.05, 0) is 30.0 Å². The van der Waals surface area contributed by atoms with Gasteiger partial charge in [-0.1, -0.05) is 70.2 Å². The molecule has 0 aliphatic heterocycles. The van der Waals surface area contributed by atoms with Crippen LogP contribution in [0.1, 0.15) is 50.4 Å². The van der Waals surface area contributed by atoms with Gasteiger partial charge >= 0.3 is 0 Å². The van der Waals surface area contributed by atoms with Gasteiger partial charge in [0.2, 0.25) is 5.91 Å². The number of quaternary nitrogens is 1. The van der Waals surface area contributed by atoms with Gasteiger partial charge in [0, 0.05) is 17.2 Å². The minimum Gasteiger partial charge on any atom is -0.342 e. The van der Waals surface area contributed by atoms with Crippen LogP contribution in [0.15, 0.2) is 48.5 Å². The van der Waals surface area contributed by atoms with Crippen molar-refractivity contribution in [1.82, 2.24) is 5.32 Å². The van der Waals surface area contributed by atoms with E-state index in [1.54, 1.807) is 0 Å². The van der Waals surface area contributed by atoms with Crippen LogP contribution in [0.5, 0.6) is 0 Å². The number of amides is 2. The van der Waals surface area contributed by atoms with E-state index in [1.807, 2.05) is 36.5 Å². The molecule has 0 saturated carbocycles. The van der Waals surface area contributed by atoms with Crippen molar-refractivity contribution >= 4 is 17.5 Å². The average molecular weight is 397 g/mol. The Morgan fingerprint density at radius 3 is 2.24 bits per heavy atom. The highest BCUT2D eigenvalue weighted by molar-refractivity contribution is 5.95. The molecule has 0 aliphatic rings. The van der Waals surface area contributed by atoms with E-state index in [0.29, 0.717) is 5.92 Å². The number of nitrogens with two attached hydrogens (primary N) is 1. The first-order valence-electron chi connectivity index (χ1n) is 10.5. The maximum atomic E-state index is 12.3. The molecule has 0 aliphatic carbocycles. The van der Waals surface area contributed by atoms with E-state index in [4.69, 9.17) is 0 Å². The largest absolute Gasteiger partial charge is 0.342 e. The Bertz CT molecular complexity index is 800. The zero-order valence-corrected chi connectivity index (χ0v) is 18.0. The smallest absolute Gasteiger partial charge is 0.275 e. The topological polar surface area (TPSA) is 74.8 Å². The minimum absolute atomic E-state index is 0.0255. The maximum absolute atomic E-state index is 12.3. The van der Waals surface area contributed by atoms with Crippen LogP contribution >= 0.6 is 0 Å². The van der Waals surface area contributed by atoms with Crippen LogP contribution < -0.4 is 16.0 Å². The number of aryl methyl sites for hydroxylation is 2. The first-order chi connectivity index (χ1) is 13.9. The standard InChI is InChI=1S/C24H33N3O2/c1-5-18-11-13-20(14-12-18)24(17(3)4)26-15-22(28)25-16-23(29)27-21-10-8-7-9-19(21)6-2/h7-14,17,24,26H,5-6,15-16H2,1-4H3,(H,25,28)(H,27,29)/p+1/t24-/m0/s1. The van der Waals surface area contributed by atoms with Crippen molar-refractivity contribution in [3.8, 4) is 0 Å². The third kappa shape index (κ3) is 7.02. The lowest BCUT2D eigenvalue weighted by atomic mass is 9.95. The van der Waals surface area contributed by atoms with Crippen molar-refractivity contribution in [2.45, 2.75) is 46.6 Å². The fourth-order valence-electron chi connectivity index (χ4n) is 3.40. The molecule has 0 fully saturated rings. The summed E-state index contributed by atoms with van der Waals surface area (Å²) in [6.45, 7) is 8.77. The third-order valence-corrected chi connectivity index (χ3v) is 5.17. The first-order valence-corrected chi connectivity index (χ1v) is 10.5. The summed E-state index contributed by atoms with van der Waals surface area (Å²) in [5, 5.41) is 7.64. The van der Waals surface area contributed by atoms with Gasteiger partial charge in [-0.2, -0.15) is 0 Å². The molecule has 0 heterocycles. The molecule has 29 heavy (non-hydrogen) atoms. The summed E-state index contributed by atoms with van der Waals surface area (Å²) in [6, 6.07) is 16.5. The number of hydrogen-bond donors (Lipinski definition) is 3. The van der Waals surface area contributed by atoms with Crippen molar-refractivity contribution < 1.29 is 14.9 Å². The average Bonchev–Trinajstić information content (AvgIpc) is 2.73. The number of nitrogens with one attached hydrogen (secondary N) is 2. The summed E-state index contributed by atoms with van der Waals surface area (Å²) in [5.41, 5.74) is 4.41. The molecule has 0 spiro atoms. The Hall–Kier alpha value is -2.66. The molecule has 2 aromatic carbocycles. The number of benzene rings is 2. The number of carbonyl (C=O) groups excluding carboxylic acids is 2. The van der Waals surface area contributed by atoms with Crippen LogP contribution in [-0.4, -0.2) is 24.9 Å². The summed E-state index contributed by atoms with van der Waals surface area (Å²) in [4.78, 5) is 24.4. The minimum atomic E-state index is -0.213. The van der Waals surface area contributed by atoms with Crippen LogP contribution in [0.3, 0.4) is 0 Å². The van der Waals surface area contributed by atoms with Crippen LogP contribution in [0.4, 0.5) is 5.69 Å². The fourth-order valence-corrected chi connectivity index (χ4v) is 3.40. The van der Waals surface area contributed by atoms with E-state index in [9.17, 15) is 9.59 Å². The lowest BCUT2D eigenvalue weighted by Gasteiger charge is -2.20. The van der Waals surface area contributed by atoms with Crippen molar-refractivity contribution in [3.05, 3.63) is 65.2 Å². The molecule has 0 saturated heterocycles. The molecule has 156 valence electrons. The molecule has 2 aromatic rings. The highest BCUT2D eigenvalue weighted by Crippen LogP contribution is 2.18. The molecule has 0 aromatic heterocycles. The highest BCUT2D eigenvalue weighted by atomic mass is 16.2. The second-order valence-electron chi connectivity index (χ2n) is 7.64. The fraction of sp³-hybridized carbons (Fsp3) is 0.417. The second-order valence-corrected chi connectivity index (χ2v) is 7.64. The third-order valence-electron chi connectivity index (χ3n) is 5.17. The monoisotopic (exact) mass is 396 g/mol. The van der Waals surface area contributed by atoms with E-state index in [2.05, 4.69) is 55.7 Å². The van der Waals surface area contributed by atoms with Crippen molar-refractivity contribution in [2.24, 2.45) is 5.92 Å². The molecular weight excluding hydrogens is 362 g/mol. The van der Waals surface area contributed by atoms with Gasteiger partial charge in [-0.15, -0.1) is 0 Å². The van der Waals surface area contributed by atoms with E-state index in [-0.39, 0.29) is 30.9 Å². The van der Waals surface area contributed by atoms with Gasteiger partial charge in [-0.25, -0.2) is 0 Å². The van der Waals surface area contributed by atoms with Crippen LogP contribution in [0.25, 0.3) is 0 Å². The summed E-state index contributed by atoms with van der Waals surface area (Å²) in [7, 11) is 0. The van der Waals surface area contributed by atoms with Crippen molar-refractivity contribution in [3.63, 3.8) is 0 Å². The Morgan fingerprint density at radius 2 is 1.62 bits per heavy atom. The predicted octanol–water partition coefficient (Wildman–Crippen LogP) is 2.83. The number of carbonyl (C=O) groups is 2. The molecule has 5 nitrogen and oxygen atoms in total. The molecule has 2 amide bonds. The van der Waals surface area contributed by atoms with Crippen molar-refractivity contribution in [2.75, 3.05) is 18.4 Å². The van der Waals surface area contributed by atoms with Crippen molar-refractivity contribution in [1.29, 1.82) is 0 Å². The van der Waals surface area contributed by atoms with Gasteiger partial charge in [0.25, 0.3) is 5.91 Å². The molecule has 0 radical (unpaired) electrons. The molecular formula is C24H34N3O2+. The van der Waals surface area contributed by atoms with E-state index >= 15 is 0 Å². The van der Waals surface area contributed by atoms with E-state index in [0.717, 1.165) is 24.1 Å². The maximum Gasteiger partial charge on any atom is 0.275 e.